The van der Waals surface area contributed by atoms with Crippen molar-refractivity contribution < 1.29 is 5.11 Å². The number of nitrogens with zero attached hydrogens (tertiary/aromatic N) is 1. The van der Waals surface area contributed by atoms with Crippen LogP contribution in [0.2, 0.25) is 0 Å². The van der Waals surface area contributed by atoms with Gasteiger partial charge >= 0.3 is 0 Å². The van der Waals surface area contributed by atoms with Crippen LogP contribution in [0.1, 0.15) is 6.92 Å². The Balaban J connectivity index is 3.25. The molecule has 0 aromatic rings. The smallest absolute Gasteiger partial charge is 0.0639 e. The van der Waals surface area contributed by atoms with Crippen molar-refractivity contribution in [3.8, 4) is 0 Å². The lowest BCUT2D eigenvalue weighted by molar-refractivity contribution is 0.147. The number of rotatable bonds is 4. The maximum Gasteiger partial charge on any atom is 0.0639 e. The molecule has 0 rings (SSSR count). The van der Waals surface area contributed by atoms with Crippen LogP contribution in [0, 0.1) is 0 Å². The van der Waals surface area contributed by atoms with Gasteiger partial charge in [-0.2, -0.15) is 0 Å². The van der Waals surface area contributed by atoms with Gasteiger partial charge in [-0.15, -0.1) is 6.58 Å². The topological polar surface area (TPSA) is 23.5 Å². The molecule has 0 radical (unpaired) electrons. The van der Waals surface area contributed by atoms with Crippen LogP contribution in [0.25, 0.3) is 0 Å². The molecular weight excluding hydrogens is 114 g/mol. The van der Waals surface area contributed by atoms with E-state index < -0.39 is 0 Å². The first-order valence-electron chi connectivity index (χ1n) is 3.14. The molecule has 0 aliphatic carbocycles. The van der Waals surface area contributed by atoms with E-state index in [1.54, 1.807) is 6.92 Å². The van der Waals surface area contributed by atoms with Crippen molar-refractivity contribution in [1.82, 2.24) is 4.90 Å². The third kappa shape index (κ3) is 5.53. The van der Waals surface area contributed by atoms with Crippen molar-refractivity contribution in [2.75, 3.05) is 20.1 Å². The van der Waals surface area contributed by atoms with Crippen molar-refractivity contribution in [3.63, 3.8) is 0 Å². The Morgan fingerprint density at radius 2 is 2.33 bits per heavy atom. The molecule has 0 aromatic heterocycles. The van der Waals surface area contributed by atoms with Gasteiger partial charge in [0.15, 0.2) is 0 Å². The van der Waals surface area contributed by atoms with Crippen LogP contribution in [-0.2, 0) is 0 Å². The third-order valence-electron chi connectivity index (χ3n) is 1.02. The molecule has 0 aliphatic rings. The summed E-state index contributed by atoms with van der Waals surface area (Å²) < 4.78 is 0. The monoisotopic (exact) mass is 129 g/mol. The quantitative estimate of drug-likeness (QED) is 0.558. The summed E-state index contributed by atoms with van der Waals surface area (Å²) in [6, 6.07) is 0. The number of aliphatic hydroxyl groups is 1. The fourth-order valence-corrected chi connectivity index (χ4v) is 0.746. The highest BCUT2D eigenvalue weighted by molar-refractivity contribution is 4.71. The number of aliphatic hydroxyl groups excluding tert-OH is 1. The Bertz CT molecular complexity index is 81.0. The van der Waals surface area contributed by atoms with Crippen molar-refractivity contribution >= 4 is 0 Å². The molecule has 0 amide bonds. The molecule has 0 aliphatic heterocycles. The van der Waals surface area contributed by atoms with Gasteiger partial charge in [-0.3, -0.25) is 0 Å². The Kier molecular flexibility index (Phi) is 4.36. The second-order valence-electron chi connectivity index (χ2n) is 2.36. The predicted octanol–water partition coefficient (Wildman–Crippen LogP) is 0.485. The van der Waals surface area contributed by atoms with E-state index >= 15 is 0 Å². The van der Waals surface area contributed by atoms with Crippen molar-refractivity contribution in [2.45, 2.75) is 13.0 Å². The predicted molar refractivity (Wildman–Crippen MR) is 39.4 cm³/mol. The SMILES string of the molecule is C=CCN(C)CC(C)O. The first-order valence-corrected chi connectivity index (χ1v) is 3.14. The van der Waals surface area contributed by atoms with E-state index in [0.29, 0.717) is 6.54 Å². The molecule has 1 N–H and O–H groups in total. The first kappa shape index (κ1) is 8.66. The average Bonchev–Trinajstić information content (AvgIpc) is 1.63. The molecule has 0 fully saturated rings. The van der Waals surface area contributed by atoms with E-state index in [4.69, 9.17) is 5.11 Å². The molecule has 0 saturated carbocycles. The maximum atomic E-state index is 8.87. The van der Waals surface area contributed by atoms with Crippen molar-refractivity contribution in [3.05, 3.63) is 12.7 Å². The van der Waals surface area contributed by atoms with Gasteiger partial charge in [-0.25, -0.2) is 0 Å². The summed E-state index contributed by atoms with van der Waals surface area (Å²) in [4.78, 5) is 2.01. The minimum absolute atomic E-state index is 0.241. The number of hydrogen-bond donors (Lipinski definition) is 1. The largest absolute Gasteiger partial charge is 0.392 e. The Hall–Kier alpha value is -0.340. The molecular formula is C7H15NO. The molecule has 0 spiro atoms. The van der Waals surface area contributed by atoms with Crippen LogP contribution in [0.15, 0.2) is 12.7 Å². The van der Waals surface area contributed by atoms with Crippen LogP contribution >= 0.6 is 0 Å². The first-order chi connectivity index (χ1) is 4.16. The van der Waals surface area contributed by atoms with Crippen LogP contribution < -0.4 is 0 Å². The Morgan fingerprint density at radius 3 is 2.67 bits per heavy atom. The van der Waals surface area contributed by atoms with Crippen LogP contribution in [-0.4, -0.2) is 36.2 Å². The second-order valence-corrected chi connectivity index (χ2v) is 2.36. The fourth-order valence-electron chi connectivity index (χ4n) is 0.746. The summed E-state index contributed by atoms with van der Waals surface area (Å²) in [5, 5.41) is 8.87. The van der Waals surface area contributed by atoms with Gasteiger partial charge in [-0.05, 0) is 14.0 Å². The normalized spacial score (nSPS) is 13.8. The van der Waals surface area contributed by atoms with Gasteiger partial charge in [0.25, 0.3) is 0 Å². The van der Waals surface area contributed by atoms with E-state index in [0.717, 1.165) is 6.54 Å². The standard InChI is InChI=1S/C7H15NO/c1-4-5-8(3)6-7(2)9/h4,7,9H,1,5-6H2,2-3H3. The minimum atomic E-state index is -0.241. The zero-order valence-corrected chi connectivity index (χ0v) is 6.17. The van der Waals surface area contributed by atoms with Crippen LogP contribution in [0.4, 0.5) is 0 Å². The van der Waals surface area contributed by atoms with E-state index in [1.165, 1.54) is 0 Å². The highest BCUT2D eigenvalue weighted by atomic mass is 16.3. The van der Waals surface area contributed by atoms with Gasteiger partial charge < -0.3 is 10.0 Å². The molecule has 0 aromatic carbocycles. The second kappa shape index (κ2) is 4.53. The zero-order chi connectivity index (χ0) is 7.28. The lowest BCUT2D eigenvalue weighted by Gasteiger charge is -2.15. The number of likely N-dealkylation sites (N-methyl/N-ethyl adjacent to an activating group) is 1. The summed E-state index contributed by atoms with van der Waals surface area (Å²) in [7, 11) is 1.95. The third-order valence-corrected chi connectivity index (χ3v) is 1.02. The summed E-state index contributed by atoms with van der Waals surface area (Å²) in [6.45, 7) is 6.91. The molecule has 1 unspecified atom stereocenters. The van der Waals surface area contributed by atoms with E-state index in [1.807, 2.05) is 18.0 Å². The molecule has 0 saturated heterocycles. The minimum Gasteiger partial charge on any atom is -0.392 e. The molecule has 2 nitrogen and oxygen atoms in total. The Morgan fingerprint density at radius 1 is 1.78 bits per heavy atom. The average molecular weight is 129 g/mol. The van der Waals surface area contributed by atoms with Crippen molar-refractivity contribution in [1.29, 1.82) is 0 Å². The van der Waals surface area contributed by atoms with Gasteiger partial charge in [0.1, 0.15) is 0 Å². The van der Waals surface area contributed by atoms with Gasteiger partial charge in [0.2, 0.25) is 0 Å². The Labute approximate surface area is 56.8 Å². The fraction of sp³-hybridized carbons (Fsp3) is 0.714. The summed E-state index contributed by atoms with van der Waals surface area (Å²) in [5.41, 5.74) is 0. The molecule has 0 bridgehead atoms. The summed E-state index contributed by atoms with van der Waals surface area (Å²) in [5.74, 6) is 0. The molecule has 2 heteroatoms. The van der Waals surface area contributed by atoms with Crippen LogP contribution in [0.3, 0.4) is 0 Å². The lowest BCUT2D eigenvalue weighted by Crippen LogP contribution is -2.27. The van der Waals surface area contributed by atoms with Gasteiger partial charge in [0, 0.05) is 13.1 Å². The summed E-state index contributed by atoms with van der Waals surface area (Å²) in [6.07, 6.45) is 1.58. The van der Waals surface area contributed by atoms with Gasteiger partial charge in [0.05, 0.1) is 6.10 Å². The molecule has 1 atom stereocenters. The lowest BCUT2D eigenvalue weighted by atomic mass is 10.4. The van der Waals surface area contributed by atoms with E-state index in [-0.39, 0.29) is 6.10 Å². The maximum absolute atomic E-state index is 8.87. The van der Waals surface area contributed by atoms with Crippen molar-refractivity contribution in [2.24, 2.45) is 0 Å². The summed E-state index contributed by atoms with van der Waals surface area (Å²) >= 11 is 0. The van der Waals surface area contributed by atoms with E-state index in [2.05, 4.69) is 6.58 Å². The highest BCUT2D eigenvalue weighted by Crippen LogP contribution is 1.86. The molecule has 54 valence electrons. The highest BCUT2D eigenvalue weighted by Gasteiger charge is 1.98. The number of hydrogen-bond acceptors (Lipinski definition) is 2. The van der Waals surface area contributed by atoms with Gasteiger partial charge in [-0.1, -0.05) is 6.08 Å². The molecule has 9 heavy (non-hydrogen) atoms. The van der Waals surface area contributed by atoms with Crippen LogP contribution in [0.5, 0.6) is 0 Å². The van der Waals surface area contributed by atoms with E-state index in [9.17, 15) is 0 Å². The zero-order valence-electron chi connectivity index (χ0n) is 6.17. The molecule has 0 heterocycles.